The Morgan fingerprint density at radius 3 is 2.50 bits per heavy atom. The minimum atomic E-state index is -0.872. The van der Waals surface area contributed by atoms with Gasteiger partial charge in [-0.25, -0.2) is 0 Å². The summed E-state index contributed by atoms with van der Waals surface area (Å²) in [5.41, 5.74) is 5.03. The number of ether oxygens (including phenoxy) is 1. The third kappa shape index (κ3) is 4.87. The summed E-state index contributed by atoms with van der Waals surface area (Å²) in [4.78, 5) is 24.0. The van der Waals surface area contributed by atoms with Gasteiger partial charge in [0.15, 0.2) is 6.10 Å². The number of carbonyl (C=O) groups is 2. The third-order valence-electron chi connectivity index (χ3n) is 2.98. The molecule has 2 N–H and O–H groups in total. The Balaban J connectivity index is 1.92. The molecule has 0 radical (unpaired) electrons. The Kier molecular flexibility index (Phi) is 6.48. The quantitative estimate of drug-likeness (QED) is 0.719. The number of nitrogens with one attached hydrogen (secondary N) is 2. The van der Waals surface area contributed by atoms with E-state index in [9.17, 15) is 9.59 Å². The molecule has 1 unspecified atom stereocenters. The van der Waals surface area contributed by atoms with Crippen LogP contribution in [-0.4, -0.2) is 17.9 Å². The smallest absolute Gasteiger partial charge is 0.279 e. The summed E-state index contributed by atoms with van der Waals surface area (Å²) in [5.74, 6) is -0.658. The van der Waals surface area contributed by atoms with E-state index in [4.69, 9.17) is 27.9 Å². The van der Waals surface area contributed by atoms with Crippen LogP contribution in [0, 0.1) is 0 Å². The molecule has 126 valence electrons. The SMILES string of the molecule is CC(Oc1ccc(Cl)cc1Cl)C(=O)NNC(=O)c1ccccc1Br. The zero-order chi connectivity index (χ0) is 17.7. The molecule has 2 amide bonds. The Morgan fingerprint density at radius 2 is 1.83 bits per heavy atom. The van der Waals surface area contributed by atoms with Crippen LogP contribution in [0.2, 0.25) is 10.0 Å². The van der Waals surface area contributed by atoms with E-state index in [1.807, 2.05) is 0 Å². The van der Waals surface area contributed by atoms with Crippen molar-refractivity contribution in [3.63, 3.8) is 0 Å². The lowest BCUT2D eigenvalue weighted by molar-refractivity contribution is -0.128. The zero-order valence-corrected chi connectivity index (χ0v) is 15.6. The number of benzene rings is 2. The first kappa shape index (κ1) is 18.6. The third-order valence-corrected chi connectivity index (χ3v) is 4.21. The first-order chi connectivity index (χ1) is 11.4. The average Bonchev–Trinajstić information content (AvgIpc) is 2.55. The van der Waals surface area contributed by atoms with Crippen molar-refractivity contribution < 1.29 is 14.3 Å². The molecule has 0 spiro atoms. The molecule has 2 aromatic rings. The Morgan fingerprint density at radius 1 is 1.12 bits per heavy atom. The van der Waals surface area contributed by atoms with Gasteiger partial charge in [0.25, 0.3) is 11.8 Å². The molecule has 2 rings (SSSR count). The lowest BCUT2D eigenvalue weighted by Crippen LogP contribution is -2.47. The minimum Gasteiger partial charge on any atom is -0.479 e. The summed E-state index contributed by atoms with van der Waals surface area (Å²) in [6.07, 6.45) is -0.872. The van der Waals surface area contributed by atoms with Crippen molar-refractivity contribution in [3.05, 3.63) is 62.5 Å². The van der Waals surface area contributed by atoms with Gasteiger partial charge in [-0.3, -0.25) is 20.4 Å². The van der Waals surface area contributed by atoms with Gasteiger partial charge in [-0.15, -0.1) is 0 Å². The highest BCUT2D eigenvalue weighted by Gasteiger charge is 2.18. The summed E-state index contributed by atoms with van der Waals surface area (Å²) < 4.78 is 6.08. The summed E-state index contributed by atoms with van der Waals surface area (Å²) in [5, 5.41) is 0.754. The predicted molar refractivity (Wildman–Crippen MR) is 96.3 cm³/mol. The molecule has 0 aliphatic heterocycles. The number of halogens is 3. The van der Waals surface area contributed by atoms with E-state index in [2.05, 4.69) is 26.8 Å². The van der Waals surface area contributed by atoms with Gasteiger partial charge in [-0.05, 0) is 53.2 Å². The number of hydrazine groups is 1. The molecule has 8 heteroatoms. The van der Waals surface area contributed by atoms with Gasteiger partial charge in [-0.2, -0.15) is 0 Å². The van der Waals surface area contributed by atoms with E-state index in [0.29, 0.717) is 25.8 Å². The minimum absolute atomic E-state index is 0.291. The molecule has 24 heavy (non-hydrogen) atoms. The van der Waals surface area contributed by atoms with Crippen molar-refractivity contribution in [2.24, 2.45) is 0 Å². The highest BCUT2D eigenvalue weighted by Crippen LogP contribution is 2.28. The highest BCUT2D eigenvalue weighted by atomic mass is 79.9. The molecule has 0 saturated heterocycles. The van der Waals surface area contributed by atoms with Crippen LogP contribution in [0.25, 0.3) is 0 Å². The molecule has 0 aromatic heterocycles. The van der Waals surface area contributed by atoms with Gasteiger partial charge in [0, 0.05) is 9.50 Å². The normalized spacial score (nSPS) is 11.5. The van der Waals surface area contributed by atoms with Crippen molar-refractivity contribution in [1.82, 2.24) is 10.9 Å². The second-order valence-corrected chi connectivity index (χ2v) is 6.46. The molecule has 5 nitrogen and oxygen atoms in total. The van der Waals surface area contributed by atoms with Gasteiger partial charge in [0.05, 0.1) is 10.6 Å². The van der Waals surface area contributed by atoms with Gasteiger partial charge in [-0.1, -0.05) is 35.3 Å². The van der Waals surface area contributed by atoms with Crippen molar-refractivity contribution >= 4 is 50.9 Å². The second-order valence-electron chi connectivity index (χ2n) is 4.76. The summed E-state index contributed by atoms with van der Waals surface area (Å²) in [6, 6.07) is 11.5. The van der Waals surface area contributed by atoms with Crippen LogP contribution in [-0.2, 0) is 4.79 Å². The van der Waals surface area contributed by atoms with E-state index in [0.717, 1.165) is 0 Å². The molecule has 0 fully saturated rings. The zero-order valence-electron chi connectivity index (χ0n) is 12.5. The number of rotatable bonds is 4. The van der Waals surface area contributed by atoms with Crippen molar-refractivity contribution in [2.75, 3.05) is 0 Å². The Bertz CT molecular complexity index is 771. The molecule has 0 bridgehead atoms. The fourth-order valence-electron chi connectivity index (χ4n) is 1.75. The maximum Gasteiger partial charge on any atom is 0.279 e. The van der Waals surface area contributed by atoms with Crippen LogP contribution in [0.1, 0.15) is 17.3 Å². The van der Waals surface area contributed by atoms with Crippen molar-refractivity contribution in [1.29, 1.82) is 0 Å². The van der Waals surface area contributed by atoms with E-state index >= 15 is 0 Å². The van der Waals surface area contributed by atoms with Crippen LogP contribution in [0.15, 0.2) is 46.9 Å². The van der Waals surface area contributed by atoms with Gasteiger partial charge in [0.2, 0.25) is 0 Å². The van der Waals surface area contributed by atoms with E-state index in [-0.39, 0.29) is 0 Å². The first-order valence-electron chi connectivity index (χ1n) is 6.85. The molecule has 1 atom stereocenters. The van der Waals surface area contributed by atoms with E-state index in [1.165, 1.54) is 13.0 Å². The standard InChI is InChI=1S/C16H13BrCl2N2O3/c1-9(24-14-7-6-10(18)8-13(14)19)15(22)20-21-16(23)11-4-2-3-5-12(11)17/h2-9H,1H3,(H,20,22)(H,21,23). The van der Waals surface area contributed by atoms with Crippen LogP contribution < -0.4 is 15.6 Å². The second kappa shape index (κ2) is 8.37. The molecule has 0 aliphatic rings. The lowest BCUT2D eigenvalue weighted by Gasteiger charge is -2.16. The number of hydrogen-bond acceptors (Lipinski definition) is 3. The van der Waals surface area contributed by atoms with E-state index < -0.39 is 17.9 Å². The van der Waals surface area contributed by atoms with Crippen molar-refractivity contribution in [2.45, 2.75) is 13.0 Å². The number of amides is 2. The Labute approximate surface area is 157 Å². The monoisotopic (exact) mass is 430 g/mol. The predicted octanol–water partition coefficient (Wildman–Crippen LogP) is 3.98. The molecule has 0 aliphatic carbocycles. The molecular weight excluding hydrogens is 419 g/mol. The van der Waals surface area contributed by atoms with Gasteiger partial charge < -0.3 is 4.74 Å². The van der Waals surface area contributed by atoms with Crippen LogP contribution >= 0.6 is 39.1 Å². The topological polar surface area (TPSA) is 67.4 Å². The Hall–Kier alpha value is -1.76. The molecule has 0 saturated carbocycles. The largest absolute Gasteiger partial charge is 0.479 e. The summed E-state index contributed by atoms with van der Waals surface area (Å²) in [6.45, 7) is 1.53. The van der Waals surface area contributed by atoms with Crippen LogP contribution in [0.5, 0.6) is 5.75 Å². The van der Waals surface area contributed by atoms with Crippen LogP contribution in [0.3, 0.4) is 0 Å². The van der Waals surface area contributed by atoms with Gasteiger partial charge in [0.1, 0.15) is 5.75 Å². The maximum absolute atomic E-state index is 12.0. The molecule has 2 aromatic carbocycles. The number of hydrogen-bond donors (Lipinski definition) is 2. The lowest BCUT2D eigenvalue weighted by atomic mass is 10.2. The fourth-order valence-corrected chi connectivity index (χ4v) is 2.67. The summed E-state index contributed by atoms with van der Waals surface area (Å²) >= 11 is 15.1. The van der Waals surface area contributed by atoms with Crippen LogP contribution in [0.4, 0.5) is 0 Å². The van der Waals surface area contributed by atoms with Crippen molar-refractivity contribution in [3.8, 4) is 5.75 Å². The molecule has 0 heterocycles. The molecular formula is C16H13BrCl2N2O3. The highest BCUT2D eigenvalue weighted by molar-refractivity contribution is 9.10. The first-order valence-corrected chi connectivity index (χ1v) is 8.40. The van der Waals surface area contributed by atoms with Gasteiger partial charge >= 0.3 is 0 Å². The fraction of sp³-hybridized carbons (Fsp3) is 0.125. The average molecular weight is 432 g/mol. The van der Waals surface area contributed by atoms with E-state index in [1.54, 1.807) is 36.4 Å². The maximum atomic E-state index is 12.0. The number of carbonyl (C=O) groups excluding carboxylic acids is 2. The summed E-state index contributed by atoms with van der Waals surface area (Å²) in [7, 11) is 0.